The molecule has 164 valence electrons. The number of benzene rings is 1. The van der Waals surface area contributed by atoms with Gasteiger partial charge in [0.1, 0.15) is 0 Å². The lowest BCUT2D eigenvalue weighted by atomic mass is 10.1. The molecule has 1 N–H and O–H groups in total. The molecule has 2 amide bonds. The van der Waals surface area contributed by atoms with Crippen LogP contribution < -0.4 is 5.32 Å². The van der Waals surface area contributed by atoms with E-state index in [1.807, 2.05) is 13.0 Å². The maximum absolute atomic E-state index is 13.0. The van der Waals surface area contributed by atoms with Crippen LogP contribution in [0.1, 0.15) is 43.0 Å². The van der Waals surface area contributed by atoms with Gasteiger partial charge in [-0.1, -0.05) is 12.8 Å². The van der Waals surface area contributed by atoms with E-state index in [-0.39, 0.29) is 17.1 Å². The molecule has 30 heavy (non-hydrogen) atoms. The van der Waals surface area contributed by atoms with Crippen molar-refractivity contribution in [3.8, 4) is 0 Å². The summed E-state index contributed by atoms with van der Waals surface area (Å²) in [6.45, 7) is 4.35. The molecule has 3 aliphatic heterocycles. The molecule has 0 radical (unpaired) electrons. The molecule has 10 heteroatoms. The van der Waals surface area contributed by atoms with Gasteiger partial charge in [0.25, 0.3) is 16.1 Å². The highest BCUT2D eigenvalue weighted by Gasteiger charge is 2.34. The van der Waals surface area contributed by atoms with Crippen LogP contribution in [-0.2, 0) is 15.0 Å². The Morgan fingerprint density at radius 2 is 1.63 bits per heavy atom. The molecular weight excluding hydrogens is 424 g/mol. The van der Waals surface area contributed by atoms with Gasteiger partial charge in [-0.15, -0.1) is 11.8 Å². The Morgan fingerprint density at radius 3 is 2.30 bits per heavy atom. The van der Waals surface area contributed by atoms with E-state index in [0.717, 1.165) is 30.6 Å². The standard InChI is InChI=1S/C20H28N4O4S2/c1-15-19(25)21-17-14-16(6-7-18(17)29-15)20(26)22-10-12-24(13-11-22)30(27,28)23-8-4-2-3-5-9-23/h6-7,14-15H,2-5,8-13H2,1H3,(H,21,25). The van der Waals surface area contributed by atoms with Crippen LogP contribution in [0.25, 0.3) is 0 Å². The molecule has 0 aliphatic carbocycles. The van der Waals surface area contributed by atoms with Gasteiger partial charge >= 0.3 is 0 Å². The lowest BCUT2D eigenvalue weighted by molar-refractivity contribution is -0.115. The van der Waals surface area contributed by atoms with Gasteiger partial charge in [0, 0.05) is 49.7 Å². The van der Waals surface area contributed by atoms with Crippen LogP contribution in [0.4, 0.5) is 5.69 Å². The maximum atomic E-state index is 13.0. The molecule has 3 aliphatic rings. The highest BCUT2D eigenvalue weighted by molar-refractivity contribution is 8.01. The van der Waals surface area contributed by atoms with Crippen molar-refractivity contribution in [1.82, 2.24) is 13.5 Å². The number of rotatable bonds is 3. The van der Waals surface area contributed by atoms with E-state index in [4.69, 9.17) is 0 Å². The first-order chi connectivity index (χ1) is 14.4. The first-order valence-corrected chi connectivity index (χ1v) is 12.8. The number of carbonyl (C=O) groups is 2. The van der Waals surface area contributed by atoms with Crippen LogP contribution in [0.3, 0.4) is 0 Å². The average Bonchev–Trinajstić information content (AvgIpc) is 3.04. The van der Waals surface area contributed by atoms with Crippen LogP contribution in [0.2, 0.25) is 0 Å². The van der Waals surface area contributed by atoms with Crippen molar-refractivity contribution in [1.29, 1.82) is 0 Å². The van der Waals surface area contributed by atoms with Crippen molar-refractivity contribution in [2.45, 2.75) is 42.8 Å². The third-order valence-electron chi connectivity index (χ3n) is 5.90. The summed E-state index contributed by atoms with van der Waals surface area (Å²) in [7, 11) is -3.47. The number of nitrogens with one attached hydrogen (secondary N) is 1. The minimum atomic E-state index is -3.47. The van der Waals surface area contributed by atoms with Crippen LogP contribution in [0, 0.1) is 0 Å². The van der Waals surface area contributed by atoms with Crippen LogP contribution in [0.5, 0.6) is 0 Å². The molecule has 1 unspecified atom stereocenters. The molecule has 3 heterocycles. The van der Waals surface area contributed by atoms with Gasteiger partial charge in [-0.3, -0.25) is 9.59 Å². The van der Waals surface area contributed by atoms with Crippen molar-refractivity contribution in [2.75, 3.05) is 44.6 Å². The van der Waals surface area contributed by atoms with Crippen molar-refractivity contribution < 1.29 is 18.0 Å². The Balaban J connectivity index is 1.40. The van der Waals surface area contributed by atoms with Crippen molar-refractivity contribution >= 4 is 39.5 Å². The van der Waals surface area contributed by atoms with E-state index in [9.17, 15) is 18.0 Å². The molecule has 1 atom stereocenters. The molecular formula is C20H28N4O4S2. The fraction of sp³-hybridized carbons (Fsp3) is 0.600. The fourth-order valence-corrected chi connectivity index (χ4v) is 6.68. The molecule has 0 spiro atoms. The highest BCUT2D eigenvalue weighted by Crippen LogP contribution is 2.36. The molecule has 0 aromatic heterocycles. The average molecular weight is 453 g/mol. The summed E-state index contributed by atoms with van der Waals surface area (Å²) in [6, 6.07) is 5.36. The van der Waals surface area contributed by atoms with E-state index in [1.54, 1.807) is 21.3 Å². The molecule has 1 aromatic rings. The number of thioether (sulfide) groups is 1. The summed E-state index contributed by atoms with van der Waals surface area (Å²) < 4.78 is 29.0. The van der Waals surface area contributed by atoms with Gasteiger partial charge in [0.15, 0.2) is 0 Å². The van der Waals surface area contributed by atoms with Crippen LogP contribution in [-0.4, -0.2) is 78.3 Å². The zero-order chi connectivity index (χ0) is 21.3. The van der Waals surface area contributed by atoms with Crippen LogP contribution >= 0.6 is 11.8 Å². The molecule has 2 fully saturated rings. The lowest BCUT2D eigenvalue weighted by Gasteiger charge is -2.36. The van der Waals surface area contributed by atoms with Crippen molar-refractivity contribution in [2.24, 2.45) is 0 Å². The number of anilines is 1. The summed E-state index contributed by atoms with van der Waals surface area (Å²) in [6.07, 6.45) is 3.97. The van der Waals surface area contributed by atoms with Gasteiger partial charge in [-0.05, 0) is 38.0 Å². The van der Waals surface area contributed by atoms with E-state index < -0.39 is 10.2 Å². The van der Waals surface area contributed by atoms with Gasteiger partial charge < -0.3 is 10.2 Å². The minimum Gasteiger partial charge on any atom is -0.336 e. The number of piperazine rings is 1. The summed E-state index contributed by atoms with van der Waals surface area (Å²) in [5.74, 6) is -0.202. The number of carbonyl (C=O) groups excluding carboxylic acids is 2. The Kier molecular flexibility index (Phi) is 6.38. The third kappa shape index (κ3) is 4.37. The summed E-state index contributed by atoms with van der Waals surface area (Å²) in [5.41, 5.74) is 1.17. The second-order valence-electron chi connectivity index (χ2n) is 7.97. The summed E-state index contributed by atoms with van der Waals surface area (Å²) >= 11 is 1.48. The van der Waals surface area contributed by atoms with Gasteiger partial charge in [0.05, 0.1) is 10.9 Å². The normalized spacial score (nSPS) is 24.1. The third-order valence-corrected chi connectivity index (χ3v) is 9.11. The van der Waals surface area contributed by atoms with E-state index in [2.05, 4.69) is 5.32 Å². The van der Waals surface area contributed by atoms with E-state index >= 15 is 0 Å². The number of hydrogen-bond acceptors (Lipinski definition) is 5. The number of fused-ring (bicyclic) bond motifs is 1. The molecule has 2 saturated heterocycles. The van der Waals surface area contributed by atoms with Crippen LogP contribution in [0.15, 0.2) is 23.1 Å². The first kappa shape index (κ1) is 21.6. The van der Waals surface area contributed by atoms with Crippen molar-refractivity contribution in [3.05, 3.63) is 23.8 Å². The van der Waals surface area contributed by atoms with Gasteiger partial charge in [0.2, 0.25) is 5.91 Å². The molecule has 1 aromatic carbocycles. The predicted molar refractivity (Wildman–Crippen MR) is 117 cm³/mol. The Labute approximate surface area is 182 Å². The largest absolute Gasteiger partial charge is 0.336 e. The highest BCUT2D eigenvalue weighted by atomic mass is 32.2. The van der Waals surface area contributed by atoms with Gasteiger partial charge in [-0.25, -0.2) is 0 Å². The molecule has 4 rings (SSSR count). The topological polar surface area (TPSA) is 90.0 Å². The Morgan fingerprint density at radius 1 is 1.00 bits per heavy atom. The molecule has 0 saturated carbocycles. The molecule has 8 nitrogen and oxygen atoms in total. The monoisotopic (exact) mass is 452 g/mol. The number of hydrogen-bond donors (Lipinski definition) is 1. The number of nitrogens with zero attached hydrogens (tertiary/aromatic N) is 3. The second-order valence-corrected chi connectivity index (χ2v) is 11.3. The SMILES string of the molecule is CC1Sc2ccc(C(=O)N3CCN(S(=O)(=O)N4CCCCCC4)CC3)cc2NC1=O. The lowest BCUT2D eigenvalue weighted by Crippen LogP contribution is -2.54. The summed E-state index contributed by atoms with van der Waals surface area (Å²) in [5, 5.41) is 2.70. The summed E-state index contributed by atoms with van der Waals surface area (Å²) in [4.78, 5) is 27.5. The van der Waals surface area contributed by atoms with Crippen molar-refractivity contribution in [3.63, 3.8) is 0 Å². The maximum Gasteiger partial charge on any atom is 0.282 e. The smallest absolute Gasteiger partial charge is 0.282 e. The van der Waals surface area contributed by atoms with E-state index in [0.29, 0.717) is 50.5 Å². The first-order valence-electron chi connectivity index (χ1n) is 10.5. The zero-order valence-electron chi connectivity index (χ0n) is 17.2. The van der Waals surface area contributed by atoms with E-state index in [1.165, 1.54) is 16.1 Å². The fourth-order valence-electron chi connectivity index (χ4n) is 4.08. The number of amides is 2. The molecule has 0 bridgehead atoms. The second kappa shape index (κ2) is 8.86. The van der Waals surface area contributed by atoms with Gasteiger partial charge in [-0.2, -0.15) is 17.0 Å². The minimum absolute atomic E-state index is 0.0653. The Bertz CT molecular complexity index is 921. The zero-order valence-corrected chi connectivity index (χ0v) is 18.8. The predicted octanol–water partition coefficient (Wildman–Crippen LogP) is 2.00. The quantitative estimate of drug-likeness (QED) is 0.758. The Hall–Kier alpha value is -1.62.